The number of hydrogen-bond acceptors (Lipinski definition) is 3. The molecule has 1 amide bonds. The number of anilines is 1. The summed E-state index contributed by atoms with van der Waals surface area (Å²) < 4.78 is 0. The Kier molecular flexibility index (Phi) is 4.83. The molecule has 1 aromatic heterocycles. The third-order valence-corrected chi connectivity index (χ3v) is 3.92. The number of rotatable bonds is 3. The second-order valence-electron chi connectivity index (χ2n) is 4.17. The molecule has 1 aromatic carbocycles. The molecule has 0 aliphatic heterocycles. The van der Waals surface area contributed by atoms with Crippen LogP contribution in [0.2, 0.25) is 15.1 Å². The van der Waals surface area contributed by atoms with Gasteiger partial charge in [-0.2, -0.15) is 0 Å². The van der Waals surface area contributed by atoms with E-state index in [2.05, 4.69) is 10.3 Å². The first-order valence-electron chi connectivity index (χ1n) is 5.82. The Balaban J connectivity index is 2.22. The standard InChI is InChI=1S/C14H9Cl3N2O2/c1-7(20)8-2-4-9(5-3-8)19-14(21)13-12(17)11(16)10(15)6-18-13/h2-6H,1H3,(H,19,21). The third kappa shape index (κ3) is 3.53. The van der Waals surface area contributed by atoms with Gasteiger partial charge in [0.05, 0.1) is 15.1 Å². The van der Waals surface area contributed by atoms with Crippen molar-refractivity contribution in [2.24, 2.45) is 0 Å². The second kappa shape index (κ2) is 6.43. The number of Topliss-reactive ketones (excluding diaryl/α,β-unsaturated/α-hetero) is 1. The normalized spacial score (nSPS) is 10.3. The molecule has 7 heteroatoms. The van der Waals surface area contributed by atoms with Crippen LogP contribution in [0.4, 0.5) is 5.69 Å². The Labute approximate surface area is 136 Å². The maximum Gasteiger partial charge on any atom is 0.275 e. The minimum atomic E-state index is -0.519. The molecular formula is C14H9Cl3N2O2. The van der Waals surface area contributed by atoms with Crippen molar-refractivity contribution < 1.29 is 9.59 Å². The Morgan fingerprint density at radius 3 is 2.24 bits per heavy atom. The van der Waals surface area contributed by atoms with Crippen molar-refractivity contribution in [2.45, 2.75) is 6.92 Å². The number of nitrogens with one attached hydrogen (secondary N) is 1. The number of benzene rings is 1. The first-order valence-corrected chi connectivity index (χ1v) is 6.95. The summed E-state index contributed by atoms with van der Waals surface area (Å²) in [7, 11) is 0. The molecule has 2 rings (SSSR count). The van der Waals surface area contributed by atoms with Crippen LogP contribution in [0.15, 0.2) is 30.5 Å². The summed E-state index contributed by atoms with van der Waals surface area (Å²) in [5.74, 6) is -0.573. The van der Waals surface area contributed by atoms with Gasteiger partial charge in [0.1, 0.15) is 5.69 Å². The Morgan fingerprint density at radius 2 is 1.67 bits per heavy atom. The maximum atomic E-state index is 12.1. The number of carbonyl (C=O) groups excluding carboxylic acids is 2. The van der Waals surface area contributed by atoms with Crippen molar-refractivity contribution in [1.82, 2.24) is 4.98 Å². The van der Waals surface area contributed by atoms with Gasteiger partial charge >= 0.3 is 0 Å². The van der Waals surface area contributed by atoms with Gasteiger partial charge in [0.2, 0.25) is 0 Å². The molecule has 108 valence electrons. The summed E-state index contributed by atoms with van der Waals surface area (Å²) >= 11 is 17.6. The second-order valence-corrected chi connectivity index (χ2v) is 5.33. The first kappa shape index (κ1) is 15.8. The van der Waals surface area contributed by atoms with Gasteiger partial charge in [-0.25, -0.2) is 4.98 Å². The van der Waals surface area contributed by atoms with E-state index < -0.39 is 5.91 Å². The highest BCUT2D eigenvalue weighted by Gasteiger charge is 2.17. The third-order valence-electron chi connectivity index (χ3n) is 2.68. The zero-order valence-electron chi connectivity index (χ0n) is 10.8. The number of nitrogens with zero attached hydrogens (tertiary/aromatic N) is 1. The molecule has 0 bridgehead atoms. The molecule has 0 aliphatic rings. The fourth-order valence-electron chi connectivity index (χ4n) is 1.58. The summed E-state index contributed by atoms with van der Waals surface area (Å²) in [6.07, 6.45) is 1.25. The average molecular weight is 344 g/mol. The van der Waals surface area contributed by atoms with Gasteiger partial charge in [0.15, 0.2) is 5.78 Å². The minimum absolute atomic E-state index is 0.0120. The molecule has 1 heterocycles. The highest BCUT2D eigenvalue weighted by molar-refractivity contribution is 6.49. The summed E-state index contributed by atoms with van der Waals surface area (Å²) in [6, 6.07) is 6.45. The molecule has 0 saturated heterocycles. The van der Waals surface area contributed by atoms with E-state index in [0.29, 0.717) is 11.3 Å². The van der Waals surface area contributed by atoms with E-state index in [1.807, 2.05) is 0 Å². The van der Waals surface area contributed by atoms with E-state index in [1.165, 1.54) is 13.1 Å². The van der Waals surface area contributed by atoms with Crippen LogP contribution in [0.3, 0.4) is 0 Å². The van der Waals surface area contributed by atoms with Gasteiger partial charge in [-0.15, -0.1) is 0 Å². The van der Waals surface area contributed by atoms with Gasteiger partial charge in [-0.05, 0) is 31.2 Å². The predicted molar refractivity (Wildman–Crippen MR) is 83.7 cm³/mol. The molecule has 21 heavy (non-hydrogen) atoms. The van der Waals surface area contributed by atoms with Crippen molar-refractivity contribution in [2.75, 3.05) is 5.32 Å². The number of amides is 1. The lowest BCUT2D eigenvalue weighted by molar-refractivity contribution is 0.101. The van der Waals surface area contributed by atoms with E-state index in [4.69, 9.17) is 34.8 Å². The number of aromatic nitrogens is 1. The van der Waals surface area contributed by atoms with Crippen molar-refractivity contribution in [3.8, 4) is 0 Å². The van der Waals surface area contributed by atoms with E-state index in [0.717, 1.165) is 0 Å². The summed E-state index contributed by atoms with van der Waals surface area (Å²) in [4.78, 5) is 27.1. The number of carbonyl (C=O) groups is 2. The van der Waals surface area contributed by atoms with Crippen LogP contribution < -0.4 is 5.32 Å². The summed E-state index contributed by atoms with van der Waals surface area (Å²) in [5, 5.41) is 2.85. The van der Waals surface area contributed by atoms with Crippen LogP contribution >= 0.6 is 34.8 Å². The van der Waals surface area contributed by atoms with Gasteiger partial charge in [-0.3, -0.25) is 9.59 Å². The molecule has 2 aromatic rings. The Bertz CT molecular complexity index is 715. The molecule has 0 atom stereocenters. The van der Waals surface area contributed by atoms with Crippen LogP contribution in [0, 0.1) is 0 Å². The molecule has 0 aliphatic carbocycles. The highest BCUT2D eigenvalue weighted by Crippen LogP contribution is 2.31. The fraction of sp³-hybridized carbons (Fsp3) is 0.0714. The van der Waals surface area contributed by atoms with Gasteiger partial charge < -0.3 is 5.32 Å². The minimum Gasteiger partial charge on any atom is -0.321 e. The molecule has 0 spiro atoms. The van der Waals surface area contributed by atoms with Crippen LogP contribution in [0.5, 0.6) is 0 Å². The molecule has 0 radical (unpaired) electrons. The molecular weight excluding hydrogens is 335 g/mol. The van der Waals surface area contributed by atoms with Crippen molar-refractivity contribution >= 4 is 52.2 Å². The first-order chi connectivity index (χ1) is 9.90. The monoisotopic (exact) mass is 342 g/mol. The Hall–Kier alpha value is -1.62. The summed E-state index contributed by atoms with van der Waals surface area (Å²) in [6.45, 7) is 1.47. The number of hydrogen-bond donors (Lipinski definition) is 1. The molecule has 4 nitrogen and oxygen atoms in total. The largest absolute Gasteiger partial charge is 0.321 e. The lowest BCUT2D eigenvalue weighted by Crippen LogP contribution is -2.14. The lowest BCUT2D eigenvalue weighted by atomic mass is 10.1. The van der Waals surface area contributed by atoms with Crippen LogP contribution in [-0.2, 0) is 0 Å². The molecule has 0 saturated carbocycles. The zero-order chi connectivity index (χ0) is 15.6. The summed E-state index contributed by atoms with van der Waals surface area (Å²) in [5.41, 5.74) is 1.04. The van der Waals surface area contributed by atoms with E-state index >= 15 is 0 Å². The SMILES string of the molecule is CC(=O)c1ccc(NC(=O)c2ncc(Cl)c(Cl)c2Cl)cc1. The predicted octanol–water partition coefficient (Wildman–Crippen LogP) is 4.50. The average Bonchev–Trinajstić information content (AvgIpc) is 2.45. The van der Waals surface area contributed by atoms with Gasteiger partial charge in [-0.1, -0.05) is 34.8 Å². The van der Waals surface area contributed by atoms with E-state index in [1.54, 1.807) is 24.3 Å². The smallest absolute Gasteiger partial charge is 0.275 e. The van der Waals surface area contributed by atoms with Crippen molar-refractivity contribution in [1.29, 1.82) is 0 Å². The lowest BCUT2D eigenvalue weighted by Gasteiger charge is -2.08. The van der Waals surface area contributed by atoms with E-state index in [-0.39, 0.29) is 26.5 Å². The highest BCUT2D eigenvalue weighted by atomic mass is 35.5. The van der Waals surface area contributed by atoms with Gasteiger partial charge in [0.25, 0.3) is 5.91 Å². The quantitative estimate of drug-likeness (QED) is 0.835. The fourth-order valence-corrected chi connectivity index (χ4v) is 2.15. The van der Waals surface area contributed by atoms with Crippen LogP contribution in [-0.4, -0.2) is 16.7 Å². The Morgan fingerprint density at radius 1 is 1.05 bits per heavy atom. The van der Waals surface area contributed by atoms with Crippen molar-refractivity contribution in [3.63, 3.8) is 0 Å². The molecule has 1 N–H and O–H groups in total. The molecule has 0 unspecified atom stereocenters. The van der Waals surface area contributed by atoms with Crippen LogP contribution in [0.1, 0.15) is 27.8 Å². The van der Waals surface area contributed by atoms with Crippen LogP contribution in [0.25, 0.3) is 0 Å². The zero-order valence-corrected chi connectivity index (χ0v) is 13.1. The van der Waals surface area contributed by atoms with E-state index in [9.17, 15) is 9.59 Å². The maximum absolute atomic E-state index is 12.1. The number of halogens is 3. The van der Waals surface area contributed by atoms with Crippen molar-refractivity contribution in [3.05, 3.63) is 56.8 Å². The van der Waals surface area contributed by atoms with Gasteiger partial charge in [0, 0.05) is 17.4 Å². The number of pyridine rings is 1. The molecule has 0 fully saturated rings. The number of ketones is 1. The topological polar surface area (TPSA) is 59.1 Å².